The average Bonchev–Trinajstić information content (AvgIpc) is 1.68. The van der Waals surface area contributed by atoms with Crippen molar-refractivity contribution in [3.63, 3.8) is 0 Å². The third-order valence-corrected chi connectivity index (χ3v) is 33.0. The number of aliphatic hydroxyl groups is 2. The van der Waals surface area contributed by atoms with Crippen LogP contribution in [0.4, 0.5) is 0 Å². The molecule has 500 valence electrons. The molecule has 3 heterocycles. The van der Waals surface area contributed by atoms with Gasteiger partial charge in [0.25, 0.3) is 0 Å². The lowest BCUT2D eigenvalue weighted by Gasteiger charge is -2.61. The summed E-state index contributed by atoms with van der Waals surface area (Å²) in [5.74, 6) is 0.383. The summed E-state index contributed by atoms with van der Waals surface area (Å²) in [5, 5.41) is 27.7. The van der Waals surface area contributed by atoms with Crippen molar-refractivity contribution in [2.75, 3.05) is 7.11 Å². The quantitative estimate of drug-likeness (QED) is 0.0362. The van der Waals surface area contributed by atoms with Gasteiger partial charge in [0.2, 0.25) is 11.8 Å². The van der Waals surface area contributed by atoms with Gasteiger partial charge in [-0.25, -0.2) is 19.7 Å². The van der Waals surface area contributed by atoms with Crippen LogP contribution in [0.2, 0.25) is 75.5 Å². The largest absolute Gasteiger partial charge is 0.466 e. The number of hydroxylamine groups is 4. The van der Waals surface area contributed by atoms with Crippen LogP contribution >= 0.6 is 6.89 Å². The van der Waals surface area contributed by atoms with Crippen molar-refractivity contribution in [1.82, 2.24) is 10.1 Å². The van der Waals surface area contributed by atoms with Crippen LogP contribution in [-0.4, -0.2) is 144 Å². The van der Waals surface area contributed by atoms with Gasteiger partial charge in [-0.2, -0.15) is 0 Å². The molecule has 22 heteroatoms. The maximum atomic E-state index is 13.3. The molecule has 2 N–H and O–H groups in total. The minimum Gasteiger partial charge on any atom is -0.466 e. The second-order valence-electron chi connectivity index (χ2n) is 29.3. The second kappa shape index (κ2) is 28.4. The Morgan fingerprint density at radius 2 is 0.968 bits per heavy atom. The molecule has 5 aliphatic rings. The molecule has 17 nitrogen and oxygen atoms in total. The highest BCUT2D eigenvalue weighted by Gasteiger charge is 2.72. The highest BCUT2D eigenvalue weighted by molar-refractivity contribution is 7.95. The maximum absolute atomic E-state index is 13.3. The van der Waals surface area contributed by atoms with Crippen LogP contribution in [-0.2, 0) is 74.0 Å². The van der Waals surface area contributed by atoms with Crippen LogP contribution in [0.15, 0.2) is 175 Å². The zero-order chi connectivity index (χ0) is 68.3. The molecule has 0 bridgehead atoms. The number of benzene rings is 5. The third-order valence-electron chi connectivity index (χ3n) is 18.3. The summed E-state index contributed by atoms with van der Waals surface area (Å²) in [6.07, 6.45) is -3.01. The molecule has 3 aliphatic heterocycles. The number of carbonyl (C=O) groups excluding carboxylic acids is 5. The van der Waals surface area contributed by atoms with Gasteiger partial charge in [0, 0.05) is 17.4 Å². The number of β-lactam (4-membered cyclic amide) rings is 2. The first-order chi connectivity index (χ1) is 43.4. The van der Waals surface area contributed by atoms with E-state index >= 15 is 0 Å². The summed E-state index contributed by atoms with van der Waals surface area (Å²) in [6, 6.07) is 49.7. The Kier molecular flexibility index (Phi) is 22.2. The van der Waals surface area contributed by atoms with Crippen molar-refractivity contribution in [1.29, 1.82) is 0 Å². The molecule has 2 spiro atoms. The van der Waals surface area contributed by atoms with Crippen LogP contribution in [0, 0.1) is 0 Å². The van der Waals surface area contributed by atoms with Crippen molar-refractivity contribution in [3.05, 3.63) is 186 Å². The van der Waals surface area contributed by atoms with Gasteiger partial charge in [0.1, 0.15) is 66.7 Å². The number of nitrogens with zero attached hydrogens (tertiary/aromatic N) is 2. The van der Waals surface area contributed by atoms with Gasteiger partial charge in [-0.3, -0.25) is 24.1 Å². The van der Waals surface area contributed by atoms with Crippen molar-refractivity contribution < 1.29 is 71.0 Å². The molecule has 10 rings (SSSR count). The summed E-state index contributed by atoms with van der Waals surface area (Å²) >= 11 is 0. The minimum atomic E-state index is -2.49. The van der Waals surface area contributed by atoms with Crippen LogP contribution < -0.4 is 15.9 Å². The zero-order valence-electron chi connectivity index (χ0n) is 57.0. The molecule has 2 aliphatic carbocycles. The summed E-state index contributed by atoms with van der Waals surface area (Å²) < 4.78 is 37.3. The van der Waals surface area contributed by atoms with E-state index in [0.717, 1.165) is 32.1 Å². The van der Waals surface area contributed by atoms with Gasteiger partial charge in [0.15, 0.2) is 39.1 Å². The molecular formula is C71H95N2O15PSi4. The number of Topliss-reactive ketones (excluding diaryl/α,β-unsaturated/α-hetero) is 1. The molecule has 3 fully saturated rings. The molecule has 1 saturated carbocycles. The van der Waals surface area contributed by atoms with Crippen LogP contribution in [0.1, 0.15) is 65.5 Å². The van der Waals surface area contributed by atoms with Crippen LogP contribution in [0.3, 0.4) is 0 Å². The number of rotatable bonds is 18. The molecule has 0 unspecified atom stereocenters. The fraction of sp³-hybridized carbons (Fsp3) is 0.437. The topological polar surface area (TPSA) is 206 Å². The number of ether oxygens (including phenoxy) is 2. The van der Waals surface area contributed by atoms with E-state index in [4.69, 9.17) is 36.9 Å². The molecule has 8 atom stereocenters. The Balaban J connectivity index is 0.000000182. The molecular weight excluding hydrogens is 1260 g/mol. The summed E-state index contributed by atoms with van der Waals surface area (Å²) in [6.45, 7) is 31.5. The summed E-state index contributed by atoms with van der Waals surface area (Å²) in [4.78, 5) is 75.7. The molecule has 2 saturated heterocycles. The lowest BCUT2D eigenvalue weighted by atomic mass is 9.67. The van der Waals surface area contributed by atoms with Crippen molar-refractivity contribution in [2.45, 2.75) is 191 Å². The number of esters is 2. The lowest BCUT2D eigenvalue weighted by molar-refractivity contribution is -0.317. The van der Waals surface area contributed by atoms with E-state index in [0.29, 0.717) is 11.3 Å². The van der Waals surface area contributed by atoms with E-state index < -0.39 is 99.6 Å². The predicted molar refractivity (Wildman–Crippen MR) is 374 cm³/mol. The SMILES string of the molecule is CC(C)(C)[Si](C)(C)O[C@@H]1C(=O)[C@@H](O)[C@@H](O)[C@]2(CC(=O)N2OCc2ccccc2)[C@@H]1O[Si](C)(C)C.CC(C)(C)[Si](C)(C)O[C@@H]1C2=CC(=O)OC2=C[C@]2(CC(=O)N2OCc2ccccc2)[C@@H]1O[Si](C)(C)C.COC(=O)C=P(c1ccccc1)(c1ccccc1)c1ccccc1. The number of amides is 2. The van der Waals surface area contributed by atoms with Crippen molar-refractivity contribution in [3.8, 4) is 0 Å². The number of carbonyl (C=O) groups is 5. The number of fused-ring (bicyclic) bond motifs is 1. The minimum absolute atomic E-state index is 0.0614. The van der Waals surface area contributed by atoms with Gasteiger partial charge < -0.3 is 37.4 Å². The maximum Gasteiger partial charge on any atom is 0.336 e. The Hall–Kier alpha value is -6.02. The predicted octanol–water partition coefficient (Wildman–Crippen LogP) is 11.0. The van der Waals surface area contributed by atoms with Crippen molar-refractivity contribution in [2.24, 2.45) is 0 Å². The van der Waals surface area contributed by atoms with Crippen LogP contribution in [0.5, 0.6) is 0 Å². The standard InChI is InChI=1S/C26H37NO6Si2.C24H39NO7Si2.C21H19O2P/c1-25(2,3)35(7,8)32-23-19-14-22(29)31-20(19)15-26(24(23)33-34(4,5)6)16-21(28)27(26)30-17-18-12-10-9-11-13-18;1-23(2,3)34(7,8)31-20-18(27)19(28)21(29)24(22(20)32-33(4,5)6)14-17(26)25(24)30-15-16-12-10-9-11-13-16;1-23-21(22)17-24(18-11-5-2-6-12-18,19-13-7-3-8-14-19)20-15-9-4-10-16-20/h9-15,23-24H,16-17H2,1-8H3;9-13,19-22,28-29H,14-15H2,1-8H3;2-17H,1H3/t23-,24-,26+;19-,20-,21-,22-,24-;/m11./s1. The third kappa shape index (κ3) is 15.8. The Morgan fingerprint density at radius 1 is 0.570 bits per heavy atom. The van der Waals surface area contributed by atoms with E-state index in [1.54, 1.807) is 5.80 Å². The first-order valence-corrected chi connectivity index (χ1v) is 46.2. The molecule has 0 aromatic heterocycles. The normalized spacial score (nSPS) is 24.1. The van der Waals surface area contributed by atoms with Gasteiger partial charge in [-0.1, -0.05) is 193 Å². The number of hydrogen-bond donors (Lipinski definition) is 2. The van der Waals surface area contributed by atoms with Gasteiger partial charge in [0.05, 0.1) is 20.0 Å². The Labute approximate surface area is 553 Å². The second-order valence-corrected chi connectivity index (χ2v) is 51.0. The molecule has 5 aromatic rings. The van der Waals surface area contributed by atoms with E-state index in [-0.39, 0.29) is 53.9 Å². The Bertz CT molecular complexity index is 3490. The first kappa shape index (κ1) is 72.8. The molecule has 5 aromatic carbocycles. The number of methoxy groups -OCH3 is 1. The monoisotopic (exact) mass is 1360 g/mol. The first-order valence-electron chi connectivity index (χ1n) is 31.7. The summed E-state index contributed by atoms with van der Waals surface area (Å²) in [5.41, 5.74) is 0.144. The van der Waals surface area contributed by atoms with E-state index in [2.05, 4.69) is 111 Å². The number of hydrogen-bond acceptors (Lipinski definition) is 15. The molecule has 0 radical (unpaired) electrons. The molecule has 93 heavy (non-hydrogen) atoms. The number of ketones is 1. The van der Waals surface area contributed by atoms with Gasteiger partial charge in [-0.15, -0.1) is 0 Å². The summed E-state index contributed by atoms with van der Waals surface area (Å²) in [7, 11) is -7.78. The average molecular weight is 1360 g/mol. The Morgan fingerprint density at radius 3 is 1.37 bits per heavy atom. The fourth-order valence-electron chi connectivity index (χ4n) is 11.5. The van der Waals surface area contributed by atoms with Gasteiger partial charge in [-0.05, 0) is 116 Å². The fourth-order valence-corrected chi connectivity index (χ4v) is 19.8. The lowest BCUT2D eigenvalue weighted by Crippen LogP contribution is -2.83. The smallest absolute Gasteiger partial charge is 0.336 e. The van der Waals surface area contributed by atoms with E-state index in [1.165, 1.54) is 18.2 Å². The zero-order valence-corrected chi connectivity index (χ0v) is 61.9. The van der Waals surface area contributed by atoms with E-state index in [1.807, 2.05) is 154 Å². The van der Waals surface area contributed by atoms with Crippen LogP contribution in [0.25, 0.3) is 0 Å². The van der Waals surface area contributed by atoms with Gasteiger partial charge >= 0.3 is 11.9 Å². The van der Waals surface area contributed by atoms with E-state index in [9.17, 15) is 34.2 Å². The highest BCUT2D eigenvalue weighted by Crippen LogP contribution is 2.53. The number of aliphatic hydroxyl groups excluding tert-OH is 2. The molecule has 2 amide bonds. The van der Waals surface area contributed by atoms with Crippen molar-refractivity contribution >= 4 is 91.4 Å². The highest BCUT2D eigenvalue weighted by atomic mass is 31.2.